The van der Waals surface area contributed by atoms with Crippen LogP contribution in [0, 0.1) is 0 Å². The number of imide groups is 1. The van der Waals surface area contributed by atoms with Crippen molar-refractivity contribution in [3.05, 3.63) is 53.2 Å². The van der Waals surface area contributed by atoms with Gasteiger partial charge in [-0.05, 0) is 73.5 Å². The molecule has 2 saturated heterocycles. The topological polar surface area (TPSA) is 117 Å². The molecular weight excluding hydrogens is 442 g/mol. The largest absolute Gasteiger partial charge is 0.404 e. The molecule has 3 amide bonds. The van der Waals surface area contributed by atoms with Gasteiger partial charge in [0.25, 0.3) is 5.91 Å². The molecule has 0 bridgehead atoms. The summed E-state index contributed by atoms with van der Waals surface area (Å²) in [5.74, 6) is -0.918. The Morgan fingerprint density at radius 1 is 1.17 bits per heavy atom. The Morgan fingerprint density at radius 2 is 2.03 bits per heavy atom. The van der Waals surface area contributed by atoms with Crippen molar-refractivity contribution >= 4 is 40.4 Å². The number of aliphatic imine (C=N–C) groups is 1. The minimum absolute atomic E-state index is 0.201. The summed E-state index contributed by atoms with van der Waals surface area (Å²) < 4.78 is 0. The van der Waals surface area contributed by atoms with Gasteiger partial charge in [-0.3, -0.25) is 29.6 Å². The van der Waals surface area contributed by atoms with E-state index in [1.54, 1.807) is 17.2 Å². The molecule has 8 heteroatoms. The Hall–Kier alpha value is -3.52. The summed E-state index contributed by atoms with van der Waals surface area (Å²) in [6.45, 7) is 1.01. The number of carbonyl (C=O) groups is 3. The minimum atomic E-state index is -0.687. The van der Waals surface area contributed by atoms with Gasteiger partial charge < -0.3 is 11.1 Å². The van der Waals surface area contributed by atoms with Crippen LogP contribution >= 0.6 is 0 Å². The Bertz CT molecular complexity index is 1310. The van der Waals surface area contributed by atoms with Crippen LogP contribution in [0.2, 0.25) is 0 Å². The molecule has 3 heterocycles. The fraction of sp³-hybridized carbons (Fsp3) is 0.407. The summed E-state index contributed by atoms with van der Waals surface area (Å²) in [5.41, 5.74) is 9.60. The monoisotopic (exact) mass is 471 g/mol. The lowest BCUT2D eigenvalue weighted by Gasteiger charge is -2.30. The molecular formula is C27H29N5O3. The number of nitrogens with one attached hydrogen (secondary N) is 2. The van der Waals surface area contributed by atoms with Crippen molar-refractivity contribution in [3.8, 4) is 0 Å². The highest BCUT2D eigenvalue weighted by Crippen LogP contribution is 2.43. The van der Waals surface area contributed by atoms with Gasteiger partial charge in [0, 0.05) is 35.5 Å². The van der Waals surface area contributed by atoms with E-state index in [1.165, 1.54) is 12.8 Å². The van der Waals surface area contributed by atoms with E-state index >= 15 is 0 Å². The van der Waals surface area contributed by atoms with Crippen LogP contribution in [-0.2, 0) is 16.0 Å². The molecule has 4 N–H and O–H groups in total. The number of amides is 3. The predicted molar refractivity (Wildman–Crippen MR) is 134 cm³/mol. The quantitative estimate of drug-likeness (QED) is 0.457. The molecule has 1 spiro atoms. The number of carbonyl (C=O) groups excluding carboxylic acids is 3. The van der Waals surface area contributed by atoms with Gasteiger partial charge in [0.2, 0.25) is 11.8 Å². The molecule has 3 aliphatic heterocycles. The van der Waals surface area contributed by atoms with Gasteiger partial charge in [0.05, 0.1) is 11.7 Å². The van der Waals surface area contributed by atoms with Crippen molar-refractivity contribution in [1.29, 1.82) is 0 Å². The number of hydrogen-bond acceptors (Lipinski definition) is 6. The summed E-state index contributed by atoms with van der Waals surface area (Å²) in [4.78, 5) is 43.9. The molecule has 180 valence electrons. The predicted octanol–water partition coefficient (Wildman–Crippen LogP) is 2.35. The van der Waals surface area contributed by atoms with E-state index in [4.69, 9.17) is 10.7 Å². The van der Waals surface area contributed by atoms with Crippen LogP contribution in [0.5, 0.6) is 0 Å². The van der Waals surface area contributed by atoms with Crippen LogP contribution in [-0.4, -0.2) is 48.1 Å². The number of benzene rings is 2. The smallest absolute Gasteiger partial charge is 0.259 e. The first kappa shape index (κ1) is 22.0. The minimum Gasteiger partial charge on any atom is -0.404 e. The zero-order chi connectivity index (χ0) is 24.2. The third-order valence-electron chi connectivity index (χ3n) is 7.86. The van der Waals surface area contributed by atoms with Gasteiger partial charge in [-0.1, -0.05) is 18.2 Å². The molecule has 0 radical (unpaired) electrons. The van der Waals surface area contributed by atoms with E-state index in [0.717, 1.165) is 47.0 Å². The van der Waals surface area contributed by atoms with Gasteiger partial charge in [-0.25, -0.2) is 0 Å². The first-order chi connectivity index (χ1) is 17.0. The highest BCUT2D eigenvalue weighted by Gasteiger charge is 2.45. The van der Waals surface area contributed by atoms with Crippen LogP contribution in [0.15, 0.2) is 47.1 Å². The molecule has 1 saturated carbocycles. The normalized spacial score (nSPS) is 25.7. The maximum atomic E-state index is 13.3. The second-order valence-corrected chi connectivity index (χ2v) is 10.2. The van der Waals surface area contributed by atoms with E-state index < -0.39 is 11.9 Å². The Morgan fingerprint density at radius 3 is 2.80 bits per heavy atom. The molecule has 6 rings (SSSR count). The second kappa shape index (κ2) is 8.30. The molecule has 2 aromatic rings. The number of nitrogens with zero attached hydrogens (tertiary/aromatic N) is 2. The lowest BCUT2D eigenvalue weighted by Crippen LogP contribution is -2.53. The van der Waals surface area contributed by atoms with Crippen LogP contribution in [0.4, 0.5) is 5.69 Å². The summed E-state index contributed by atoms with van der Waals surface area (Å²) >= 11 is 0. The fourth-order valence-electron chi connectivity index (χ4n) is 5.82. The van der Waals surface area contributed by atoms with Gasteiger partial charge in [-0.2, -0.15) is 0 Å². The summed E-state index contributed by atoms with van der Waals surface area (Å²) in [6.07, 6.45) is 9.28. The highest BCUT2D eigenvalue weighted by molar-refractivity contribution is 6.27. The molecule has 1 aliphatic carbocycles. The SMILES string of the molecule is N/C=C(\C=NC1CCNC2(CC2)C1)Cc1ccc2c3c(cccc13)C(=O)N2C1CCC(=O)NC1=O. The Balaban J connectivity index is 1.28. The van der Waals surface area contributed by atoms with Crippen LogP contribution < -0.4 is 21.3 Å². The number of piperidine rings is 2. The van der Waals surface area contributed by atoms with Gasteiger partial charge >= 0.3 is 0 Å². The lowest BCUT2D eigenvalue weighted by molar-refractivity contribution is -0.134. The van der Waals surface area contributed by atoms with E-state index in [0.29, 0.717) is 30.0 Å². The lowest BCUT2D eigenvalue weighted by atomic mass is 9.96. The van der Waals surface area contributed by atoms with Gasteiger partial charge in [-0.15, -0.1) is 0 Å². The van der Waals surface area contributed by atoms with Crippen molar-refractivity contribution in [1.82, 2.24) is 10.6 Å². The maximum Gasteiger partial charge on any atom is 0.259 e. The Labute approximate surface area is 203 Å². The van der Waals surface area contributed by atoms with Crippen molar-refractivity contribution < 1.29 is 14.4 Å². The van der Waals surface area contributed by atoms with Crippen LogP contribution in [0.1, 0.15) is 54.4 Å². The fourth-order valence-corrected chi connectivity index (χ4v) is 5.82. The third kappa shape index (κ3) is 3.82. The molecule has 8 nitrogen and oxygen atoms in total. The highest BCUT2D eigenvalue weighted by atomic mass is 16.2. The molecule has 35 heavy (non-hydrogen) atoms. The van der Waals surface area contributed by atoms with Crippen LogP contribution in [0.25, 0.3) is 10.8 Å². The molecule has 2 atom stereocenters. The van der Waals surface area contributed by atoms with Crippen molar-refractivity contribution in [2.75, 3.05) is 11.4 Å². The van der Waals surface area contributed by atoms with E-state index in [2.05, 4.69) is 10.6 Å². The molecule has 4 aliphatic rings. The number of anilines is 1. The third-order valence-corrected chi connectivity index (χ3v) is 7.86. The average molecular weight is 472 g/mol. The van der Waals surface area contributed by atoms with Gasteiger partial charge in [0.15, 0.2) is 0 Å². The molecule has 2 unspecified atom stereocenters. The summed E-state index contributed by atoms with van der Waals surface area (Å²) in [5, 5.41) is 7.81. The molecule has 2 aromatic carbocycles. The van der Waals surface area contributed by atoms with Gasteiger partial charge in [0.1, 0.15) is 6.04 Å². The summed E-state index contributed by atoms with van der Waals surface area (Å²) in [6, 6.07) is 9.23. The summed E-state index contributed by atoms with van der Waals surface area (Å²) in [7, 11) is 0. The maximum absolute atomic E-state index is 13.3. The Kier molecular flexibility index (Phi) is 5.21. The zero-order valence-electron chi connectivity index (χ0n) is 19.5. The van der Waals surface area contributed by atoms with Crippen molar-refractivity contribution in [2.24, 2.45) is 10.7 Å². The first-order valence-electron chi connectivity index (χ1n) is 12.4. The molecule has 0 aromatic heterocycles. The van der Waals surface area contributed by atoms with Crippen LogP contribution in [0.3, 0.4) is 0 Å². The van der Waals surface area contributed by atoms with Crippen molar-refractivity contribution in [3.63, 3.8) is 0 Å². The number of hydrogen-bond donors (Lipinski definition) is 3. The van der Waals surface area contributed by atoms with E-state index in [9.17, 15) is 14.4 Å². The first-order valence-corrected chi connectivity index (χ1v) is 12.4. The number of nitrogens with two attached hydrogens (primary N) is 1. The van der Waals surface area contributed by atoms with Crippen molar-refractivity contribution in [2.45, 2.75) is 62.6 Å². The number of rotatable bonds is 5. The second-order valence-electron chi connectivity index (χ2n) is 10.2. The standard InChI is InChI=1S/C27H29N5O3/c28-14-16(15-29-18-8-11-30-27(13-18)9-10-27)12-17-4-5-21-24-19(17)2-1-3-20(24)26(35)32(21)22-6-7-23(33)31-25(22)34/h1-5,14-15,18,22,30H,6-13,28H2,(H,31,33,34)/b16-14-,29-15?. The molecule has 3 fully saturated rings. The van der Waals surface area contributed by atoms with E-state index in [1.807, 2.05) is 30.5 Å². The van der Waals surface area contributed by atoms with E-state index in [-0.39, 0.29) is 18.2 Å². The zero-order valence-corrected chi connectivity index (χ0v) is 19.5. The number of allylic oxidation sites excluding steroid dienone is 1. The average Bonchev–Trinajstić information content (AvgIpc) is 3.54.